The van der Waals surface area contributed by atoms with E-state index >= 15 is 0 Å². The summed E-state index contributed by atoms with van der Waals surface area (Å²) < 4.78 is 10.6. The number of benzene rings is 1. The molecule has 1 saturated heterocycles. The smallest absolute Gasteiger partial charge is 0.314 e. The van der Waals surface area contributed by atoms with Crippen LogP contribution in [0, 0.1) is 5.41 Å². The Bertz CT molecular complexity index is 509. The van der Waals surface area contributed by atoms with Crippen molar-refractivity contribution in [3.8, 4) is 5.75 Å². The van der Waals surface area contributed by atoms with Crippen LogP contribution in [0.25, 0.3) is 0 Å². The molecule has 4 heteroatoms. The van der Waals surface area contributed by atoms with Gasteiger partial charge in [0.1, 0.15) is 5.75 Å². The number of carboxylic acid groups (broad SMARTS) is 1. The van der Waals surface area contributed by atoms with Gasteiger partial charge in [-0.3, -0.25) is 4.79 Å². The Hall–Kier alpha value is -1.55. The van der Waals surface area contributed by atoms with Gasteiger partial charge in [-0.05, 0) is 48.8 Å². The van der Waals surface area contributed by atoms with Crippen LogP contribution in [0.3, 0.4) is 0 Å². The largest absolute Gasteiger partial charge is 0.497 e. The first-order valence-corrected chi connectivity index (χ1v) is 7.06. The summed E-state index contributed by atoms with van der Waals surface area (Å²) in [4.78, 5) is 11.9. The quantitative estimate of drug-likeness (QED) is 0.922. The lowest BCUT2D eigenvalue weighted by Crippen LogP contribution is -2.56. The van der Waals surface area contributed by atoms with Crippen molar-refractivity contribution in [3.63, 3.8) is 0 Å². The lowest BCUT2D eigenvalue weighted by Gasteiger charge is -2.56. The third-order valence-corrected chi connectivity index (χ3v) is 4.94. The lowest BCUT2D eigenvalue weighted by molar-refractivity contribution is -0.160. The molecule has 1 aromatic rings. The van der Waals surface area contributed by atoms with Crippen LogP contribution >= 0.6 is 0 Å². The molecule has 3 rings (SSSR count). The van der Waals surface area contributed by atoms with Crippen LogP contribution in [0.5, 0.6) is 5.75 Å². The highest BCUT2D eigenvalue weighted by molar-refractivity contribution is 5.83. The maximum Gasteiger partial charge on any atom is 0.314 e. The van der Waals surface area contributed by atoms with Crippen LogP contribution in [-0.4, -0.2) is 31.4 Å². The normalized spacial score (nSPS) is 23.1. The predicted molar refractivity (Wildman–Crippen MR) is 74.0 cm³/mol. The van der Waals surface area contributed by atoms with Gasteiger partial charge in [-0.25, -0.2) is 0 Å². The molecule has 108 valence electrons. The van der Waals surface area contributed by atoms with E-state index in [4.69, 9.17) is 9.47 Å². The molecule has 1 aliphatic carbocycles. The minimum atomic E-state index is -0.744. The van der Waals surface area contributed by atoms with Gasteiger partial charge in [0.2, 0.25) is 0 Å². The van der Waals surface area contributed by atoms with E-state index in [0.29, 0.717) is 12.8 Å². The number of carboxylic acids is 1. The van der Waals surface area contributed by atoms with Gasteiger partial charge in [0.05, 0.1) is 12.5 Å². The summed E-state index contributed by atoms with van der Waals surface area (Å²) in [7, 11) is 1.60. The molecule has 1 saturated carbocycles. The monoisotopic (exact) mass is 276 g/mol. The lowest BCUT2D eigenvalue weighted by atomic mass is 9.48. The number of aliphatic carboxylic acids is 1. The Morgan fingerprint density at radius 3 is 2.60 bits per heavy atom. The second kappa shape index (κ2) is 4.77. The van der Waals surface area contributed by atoms with Crippen LogP contribution in [0.15, 0.2) is 24.3 Å². The molecule has 0 bridgehead atoms. The average Bonchev–Trinajstić information content (AvgIpc) is 2.45. The molecule has 0 amide bonds. The zero-order valence-corrected chi connectivity index (χ0v) is 11.7. The molecule has 0 aromatic heterocycles. The fourth-order valence-electron chi connectivity index (χ4n) is 3.79. The zero-order chi connectivity index (χ0) is 14.2. The van der Waals surface area contributed by atoms with Crippen LogP contribution in [0.1, 0.15) is 31.2 Å². The summed E-state index contributed by atoms with van der Waals surface area (Å²) in [6, 6.07) is 7.49. The first-order chi connectivity index (χ1) is 9.60. The minimum absolute atomic E-state index is 0.166. The van der Waals surface area contributed by atoms with Gasteiger partial charge in [-0.15, -0.1) is 0 Å². The topological polar surface area (TPSA) is 55.8 Å². The number of rotatable bonds is 3. The van der Waals surface area contributed by atoms with Crippen molar-refractivity contribution in [1.82, 2.24) is 0 Å². The third kappa shape index (κ3) is 1.99. The summed E-state index contributed by atoms with van der Waals surface area (Å²) in [6.07, 6.45) is 3.38. The maximum atomic E-state index is 11.9. The van der Waals surface area contributed by atoms with Crippen LogP contribution in [0.2, 0.25) is 0 Å². The molecule has 0 atom stereocenters. The molecule has 4 nitrogen and oxygen atoms in total. The van der Waals surface area contributed by atoms with E-state index < -0.39 is 11.4 Å². The first-order valence-electron chi connectivity index (χ1n) is 7.06. The highest BCUT2D eigenvalue weighted by atomic mass is 16.5. The van der Waals surface area contributed by atoms with Gasteiger partial charge < -0.3 is 14.6 Å². The zero-order valence-electron chi connectivity index (χ0n) is 11.7. The molecule has 2 fully saturated rings. The average molecular weight is 276 g/mol. The van der Waals surface area contributed by atoms with Crippen molar-refractivity contribution in [3.05, 3.63) is 29.8 Å². The van der Waals surface area contributed by atoms with Gasteiger partial charge in [0, 0.05) is 13.2 Å². The molecular weight excluding hydrogens is 256 g/mol. The Morgan fingerprint density at radius 2 is 2.00 bits per heavy atom. The summed E-state index contributed by atoms with van der Waals surface area (Å²) in [5.74, 6) is -0.000998. The molecule has 0 radical (unpaired) electrons. The van der Waals surface area contributed by atoms with E-state index in [1.807, 2.05) is 24.3 Å². The van der Waals surface area contributed by atoms with Crippen LogP contribution < -0.4 is 4.74 Å². The fourth-order valence-corrected chi connectivity index (χ4v) is 3.79. The van der Waals surface area contributed by atoms with Crippen molar-refractivity contribution in [2.24, 2.45) is 5.41 Å². The minimum Gasteiger partial charge on any atom is -0.497 e. The van der Waals surface area contributed by atoms with Crippen molar-refractivity contribution in [1.29, 1.82) is 0 Å². The molecule has 0 unspecified atom stereocenters. The van der Waals surface area contributed by atoms with Gasteiger partial charge in [-0.1, -0.05) is 12.1 Å². The molecular formula is C16H20O4. The van der Waals surface area contributed by atoms with E-state index in [1.54, 1.807) is 7.11 Å². The first kappa shape index (κ1) is 13.4. The summed E-state index contributed by atoms with van der Waals surface area (Å²) in [6.45, 7) is 1.52. The Labute approximate surface area is 118 Å². The van der Waals surface area contributed by atoms with Crippen molar-refractivity contribution in [2.75, 3.05) is 20.3 Å². The third-order valence-electron chi connectivity index (χ3n) is 4.94. The number of hydrogen-bond donors (Lipinski definition) is 1. The maximum absolute atomic E-state index is 11.9. The summed E-state index contributed by atoms with van der Waals surface area (Å²) in [5.41, 5.74) is 0.285. The van der Waals surface area contributed by atoms with Crippen molar-refractivity contribution in [2.45, 2.75) is 31.1 Å². The Morgan fingerprint density at radius 1 is 1.30 bits per heavy atom. The molecule has 1 aliphatic heterocycles. The fraction of sp³-hybridized carbons (Fsp3) is 0.562. The number of carbonyl (C=O) groups is 1. The Balaban J connectivity index is 1.89. The van der Waals surface area contributed by atoms with E-state index in [1.165, 1.54) is 0 Å². The number of ether oxygens (including phenoxy) is 2. The number of methoxy groups -OCH3 is 1. The molecule has 1 N–H and O–H groups in total. The van der Waals surface area contributed by atoms with Crippen molar-refractivity contribution < 1.29 is 19.4 Å². The SMILES string of the molecule is COc1cccc(C2(C(=O)O)CC3(CCOCC3)C2)c1. The standard InChI is InChI=1S/C16H20O4/c1-19-13-4-2-3-12(9-13)16(14(17)18)10-15(11-16)5-7-20-8-6-15/h2-4,9H,5-8,10-11H2,1H3,(H,17,18). The second-order valence-corrected chi connectivity index (χ2v) is 6.09. The van der Waals surface area contributed by atoms with Crippen LogP contribution in [-0.2, 0) is 14.9 Å². The molecule has 1 aromatic carbocycles. The van der Waals surface area contributed by atoms with Gasteiger partial charge in [0.25, 0.3) is 0 Å². The molecule has 2 aliphatic rings. The summed E-state index contributed by atoms with van der Waals surface area (Å²) >= 11 is 0. The van der Waals surface area contributed by atoms with E-state index in [0.717, 1.165) is 37.4 Å². The van der Waals surface area contributed by atoms with E-state index in [9.17, 15) is 9.90 Å². The van der Waals surface area contributed by atoms with Gasteiger partial charge in [0.15, 0.2) is 0 Å². The molecule has 20 heavy (non-hydrogen) atoms. The highest BCUT2D eigenvalue weighted by Gasteiger charge is 2.59. The van der Waals surface area contributed by atoms with E-state index in [2.05, 4.69) is 0 Å². The van der Waals surface area contributed by atoms with Gasteiger partial charge >= 0.3 is 5.97 Å². The number of hydrogen-bond acceptors (Lipinski definition) is 3. The van der Waals surface area contributed by atoms with Crippen LogP contribution in [0.4, 0.5) is 0 Å². The Kier molecular flexibility index (Phi) is 3.21. The highest BCUT2D eigenvalue weighted by Crippen LogP contribution is 2.60. The predicted octanol–water partition coefficient (Wildman–Crippen LogP) is 2.61. The van der Waals surface area contributed by atoms with Gasteiger partial charge in [-0.2, -0.15) is 0 Å². The summed E-state index contributed by atoms with van der Waals surface area (Å²) in [5, 5.41) is 9.74. The van der Waals surface area contributed by atoms with E-state index in [-0.39, 0.29) is 5.41 Å². The second-order valence-electron chi connectivity index (χ2n) is 6.09. The molecule has 1 spiro atoms. The molecule has 1 heterocycles. The van der Waals surface area contributed by atoms with Crippen molar-refractivity contribution >= 4 is 5.97 Å².